The largest absolute Gasteiger partial charge is 0.508 e. The standard InChI is InChI=1S/C19H22BrN3O3/c1-5-26-18(25)17-12(3)22-19(23-13(17)4)21-8-6-7-14-9-15(24)10-16(20)11(14)2/h6-7,9-10,24H,5,8H2,1-4H3,(H,21,22,23). The second-order valence-electron chi connectivity index (χ2n) is 5.74. The van der Waals surface area contributed by atoms with Gasteiger partial charge in [0.15, 0.2) is 0 Å². The second-order valence-corrected chi connectivity index (χ2v) is 6.59. The summed E-state index contributed by atoms with van der Waals surface area (Å²) >= 11 is 3.42. The summed E-state index contributed by atoms with van der Waals surface area (Å²) in [6.07, 6.45) is 3.83. The molecule has 2 N–H and O–H groups in total. The van der Waals surface area contributed by atoms with Crippen molar-refractivity contribution in [1.82, 2.24) is 9.97 Å². The van der Waals surface area contributed by atoms with Gasteiger partial charge in [0.25, 0.3) is 0 Å². The van der Waals surface area contributed by atoms with Gasteiger partial charge < -0.3 is 15.2 Å². The number of rotatable bonds is 6. The average molecular weight is 420 g/mol. The van der Waals surface area contributed by atoms with Crippen molar-refractivity contribution in [2.45, 2.75) is 27.7 Å². The van der Waals surface area contributed by atoms with Crippen LogP contribution in [0.5, 0.6) is 5.75 Å². The van der Waals surface area contributed by atoms with Crippen molar-refractivity contribution in [2.75, 3.05) is 18.5 Å². The first-order valence-corrected chi connectivity index (χ1v) is 9.04. The minimum atomic E-state index is -0.404. The smallest absolute Gasteiger partial charge is 0.341 e. The Kier molecular flexibility index (Phi) is 6.74. The highest BCUT2D eigenvalue weighted by molar-refractivity contribution is 9.10. The molecular weight excluding hydrogens is 398 g/mol. The number of aromatic hydroxyl groups is 1. The number of hydrogen-bond acceptors (Lipinski definition) is 6. The van der Waals surface area contributed by atoms with E-state index in [1.165, 1.54) is 0 Å². The molecular formula is C19H22BrN3O3. The molecule has 2 aromatic rings. The molecule has 0 amide bonds. The minimum Gasteiger partial charge on any atom is -0.508 e. The van der Waals surface area contributed by atoms with E-state index in [9.17, 15) is 9.90 Å². The van der Waals surface area contributed by atoms with Crippen LogP contribution in [0.3, 0.4) is 0 Å². The highest BCUT2D eigenvalue weighted by atomic mass is 79.9. The van der Waals surface area contributed by atoms with Crippen LogP contribution >= 0.6 is 15.9 Å². The molecule has 0 aliphatic heterocycles. The van der Waals surface area contributed by atoms with E-state index in [4.69, 9.17) is 4.74 Å². The molecule has 1 aromatic carbocycles. The highest BCUT2D eigenvalue weighted by Crippen LogP contribution is 2.26. The van der Waals surface area contributed by atoms with Crippen LogP contribution in [0.2, 0.25) is 0 Å². The molecule has 1 aromatic heterocycles. The Morgan fingerprint density at radius 2 is 1.92 bits per heavy atom. The molecule has 0 radical (unpaired) electrons. The van der Waals surface area contributed by atoms with Gasteiger partial charge in [-0.3, -0.25) is 0 Å². The van der Waals surface area contributed by atoms with Crippen LogP contribution in [0, 0.1) is 20.8 Å². The monoisotopic (exact) mass is 419 g/mol. The van der Waals surface area contributed by atoms with E-state index in [0.717, 1.165) is 15.6 Å². The third-order valence-electron chi connectivity index (χ3n) is 3.80. The summed E-state index contributed by atoms with van der Waals surface area (Å²) in [6.45, 7) is 8.07. The number of halogens is 1. The minimum absolute atomic E-state index is 0.208. The molecule has 1 heterocycles. The van der Waals surface area contributed by atoms with Gasteiger partial charge in [-0.2, -0.15) is 0 Å². The number of aromatic nitrogens is 2. The first-order chi connectivity index (χ1) is 12.3. The second kappa shape index (κ2) is 8.80. The molecule has 138 valence electrons. The lowest BCUT2D eigenvalue weighted by Gasteiger charge is -2.10. The molecule has 7 heteroatoms. The van der Waals surface area contributed by atoms with E-state index in [-0.39, 0.29) is 5.75 Å². The molecule has 0 unspecified atom stereocenters. The zero-order chi connectivity index (χ0) is 19.3. The maximum Gasteiger partial charge on any atom is 0.341 e. The van der Waals surface area contributed by atoms with Gasteiger partial charge in [-0.05, 0) is 51.0 Å². The van der Waals surface area contributed by atoms with E-state index in [2.05, 4.69) is 31.2 Å². The number of aryl methyl sites for hydroxylation is 2. The van der Waals surface area contributed by atoms with Crippen molar-refractivity contribution in [2.24, 2.45) is 0 Å². The maximum absolute atomic E-state index is 11.9. The van der Waals surface area contributed by atoms with Gasteiger partial charge in [-0.1, -0.05) is 28.1 Å². The van der Waals surface area contributed by atoms with Gasteiger partial charge >= 0.3 is 5.97 Å². The van der Waals surface area contributed by atoms with Crippen molar-refractivity contribution < 1.29 is 14.6 Å². The fourth-order valence-corrected chi connectivity index (χ4v) is 2.95. The summed E-state index contributed by atoms with van der Waals surface area (Å²) in [5, 5.41) is 12.8. The molecule has 6 nitrogen and oxygen atoms in total. The highest BCUT2D eigenvalue weighted by Gasteiger charge is 2.16. The topological polar surface area (TPSA) is 84.3 Å². The van der Waals surface area contributed by atoms with Crippen molar-refractivity contribution in [3.05, 3.63) is 50.8 Å². The molecule has 0 aliphatic carbocycles. The number of nitrogens with one attached hydrogen (secondary N) is 1. The van der Waals surface area contributed by atoms with Crippen LogP contribution in [0.4, 0.5) is 5.95 Å². The number of anilines is 1. The molecule has 26 heavy (non-hydrogen) atoms. The first-order valence-electron chi connectivity index (χ1n) is 8.25. The number of phenols is 1. The van der Waals surface area contributed by atoms with Gasteiger partial charge in [0.05, 0.1) is 18.0 Å². The molecule has 0 spiro atoms. The molecule has 0 saturated carbocycles. The van der Waals surface area contributed by atoms with Gasteiger partial charge in [0.2, 0.25) is 5.95 Å². The summed E-state index contributed by atoms with van der Waals surface area (Å²) in [7, 11) is 0. The predicted molar refractivity (Wildman–Crippen MR) is 106 cm³/mol. The SMILES string of the molecule is CCOC(=O)c1c(C)nc(NCC=Cc2cc(O)cc(Br)c2C)nc1C. The van der Waals surface area contributed by atoms with E-state index in [0.29, 0.717) is 36.1 Å². The molecule has 0 bridgehead atoms. The van der Waals surface area contributed by atoms with Crippen LogP contribution < -0.4 is 5.32 Å². The van der Waals surface area contributed by atoms with Crippen LogP contribution in [0.25, 0.3) is 6.08 Å². The predicted octanol–water partition coefficient (Wildman–Crippen LogP) is 4.17. The van der Waals surface area contributed by atoms with Crippen LogP contribution in [-0.2, 0) is 4.74 Å². The van der Waals surface area contributed by atoms with Gasteiger partial charge in [-0.25, -0.2) is 14.8 Å². The van der Waals surface area contributed by atoms with Gasteiger partial charge in [0.1, 0.15) is 11.3 Å². The van der Waals surface area contributed by atoms with Crippen LogP contribution in [0.1, 0.15) is 39.8 Å². The summed E-state index contributed by atoms with van der Waals surface area (Å²) in [5.74, 6) is 0.254. The van der Waals surface area contributed by atoms with Crippen molar-refractivity contribution >= 4 is 33.9 Å². The molecule has 0 atom stereocenters. The first kappa shape index (κ1) is 19.9. The van der Waals surface area contributed by atoms with E-state index >= 15 is 0 Å². The van der Waals surface area contributed by atoms with E-state index in [1.807, 2.05) is 19.1 Å². The number of benzene rings is 1. The Bertz CT molecular complexity index is 827. The average Bonchev–Trinajstić information content (AvgIpc) is 2.55. The van der Waals surface area contributed by atoms with Gasteiger partial charge in [-0.15, -0.1) is 0 Å². The van der Waals surface area contributed by atoms with Gasteiger partial charge in [0, 0.05) is 11.0 Å². The van der Waals surface area contributed by atoms with Crippen LogP contribution in [0.15, 0.2) is 22.7 Å². The van der Waals surface area contributed by atoms with E-state index in [1.54, 1.807) is 32.9 Å². The number of ether oxygens (including phenoxy) is 1. The number of phenolic OH excluding ortho intramolecular Hbond substituents is 1. The van der Waals surface area contributed by atoms with Crippen molar-refractivity contribution in [3.8, 4) is 5.75 Å². The zero-order valence-electron chi connectivity index (χ0n) is 15.3. The molecule has 0 fully saturated rings. The third kappa shape index (κ3) is 4.82. The summed E-state index contributed by atoms with van der Waals surface area (Å²) in [5.41, 5.74) is 3.53. The lowest BCUT2D eigenvalue weighted by Crippen LogP contribution is -2.14. The maximum atomic E-state index is 11.9. The Morgan fingerprint density at radius 3 is 2.54 bits per heavy atom. The lowest BCUT2D eigenvalue weighted by molar-refractivity contribution is 0.0523. The fraction of sp³-hybridized carbons (Fsp3) is 0.316. The number of esters is 1. The fourth-order valence-electron chi connectivity index (χ4n) is 2.49. The van der Waals surface area contributed by atoms with Crippen LogP contribution in [-0.4, -0.2) is 34.2 Å². The number of carbonyl (C=O) groups is 1. The zero-order valence-corrected chi connectivity index (χ0v) is 16.8. The Labute approximate surface area is 161 Å². The van der Waals surface area contributed by atoms with E-state index < -0.39 is 5.97 Å². The summed E-state index contributed by atoms with van der Waals surface area (Å²) in [4.78, 5) is 20.6. The Balaban J connectivity index is 2.08. The molecule has 0 saturated heterocycles. The lowest BCUT2D eigenvalue weighted by atomic mass is 10.1. The number of carbonyl (C=O) groups excluding carboxylic acids is 1. The quantitative estimate of drug-likeness (QED) is 0.683. The summed E-state index contributed by atoms with van der Waals surface area (Å²) in [6, 6.07) is 3.37. The van der Waals surface area contributed by atoms with Crippen molar-refractivity contribution in [1.29, 1.82) is 0 Å². The third-order valence-corrected chi connectivity index (χ3v) is 4.62. The molecule has 0 aliphatic rings. The Hall–Kier alpha value is -2.41. The normalized spacial score (nSPS) is 11.0. The number of nitrogens with zero attached hydrogens (tertiary/aromatic N) is 2. The van der Waals surface area contributed by atoms with Crippen molar-refractivity contribution in [3.63, 3.8) is 0 Å². The molecule has 2 rings (SSSR count). The Morgan fingerprint density at radius 1 is 1.27 bits per heavy atom. The summed E-state index contributed by atoms with van der Waals surface area (Å²) < 4.78 is 5.89. The number of hydrogen-bond donors (Lipinski definition) is 2.